The molecule has 1 aromatic carbocycles. The number of nitro benzene ring substituents is 1. The molecule has 24 heavy (non-hydrogen) atoms. The molecule has 0 fully saturated rings. The molecule has 1 heterocycles. The first-order valence-electron chi connectivity index (χ1n) is 7.61. The molecule has 128 valence electrons. The molecule has 1 aliphatic rings. The summed E-state index contributed by atoms with van der Waals surface area (Å²) in [5.74, 6) is -1.50. The van der Waals surface area contributed by atoms with Crippen LogP contribution in [0.1, 0.15) is 39.2 Å². The number of rotatable bonds is 5. The summed E-state index contributed by atoms with van der Waals surface area (Å²) in [7, 11) is 0. The minimum atomic E-state index is -1.03. The second kappa shape index (κ2) is 7.17. The van der Waals surface area contributed by atoms with Crippen LogP contribution in [0.3, 0.4) is 0 Å². The Bertz CT molecular complexity index is 740. The molecular formula is C17H20N2O4S. The number of nitrogens with zero attached hydrogens (tertiary/aromatic N) is 2. The number of hydrogen-bond donors (Lipinski definition) is 1. The van der Waals surface area contributed by atoms with E-state index >= 15 is 0 Å². The Morgan fingerprint density at radius 3 is 2.58 bits per heavy atom. The number of allylic oxidation sites excluding steroid dienone is 1. The molecule has 0 radical (unpaired) electrons. The van der Waals surface area contributed by atoms with Crippen LogP contribution in [0.4, 0.5) is 5.69 Å². The minimum Gasteiger partial charge on any atom is -0.478 e. The number of benzene rings is 1. The van der Waals surface area contributed by atoms with Gasteiger partial charge in [0.05, 0.1) is 15.7 Å². The van der Waals surface area contributed by atoms with E-state index in [2.05, 4.69) is 4.99 Å². The van der Waals surface area contributed by atoms with Crippen LogP contribution in [-0.2, 0) is 4.79 Å². The van der Waals surface area contributed by atoms with Crippen molar-refractivity contribution in [3.63, 3.8) is 0 Å². The molecule has 2 unspecified atom stereocenters. The molecule has 1 aliphatic heterocycles. The highest BCUT2D eigenvalue weighted by molar-refractivity contribution is 8.01. The number of carbonyl (C=O) groups is 1. The Hall–Kier alpha value is -2.15. The molecule has 2 rings (SSSR count). The molecule has 1 aromatic rings. The highest BCUT2D eigenvalue weighted by atomic mass is 32.2. The van der Waals surface area contributed by atoms with Gasteiger partial charge in [-0.05, 0) is 24.7 Å². The Morgan fingerprint density at radius 2 is 2.04 bits per heavy atom. The lowest BCUT2D eigenvalue weighted by molar-refractivity contribution is -0.384. The summed E-state index contributed by atoms with van der Waals surface area (Å²) >= 11 is 1.63. The molecule has 0 aromatic heterocycles. The van der Waals surface area contributed by atoms with Crippen molar-refractivity contribution in [2.45, 2.75) is 44.1 Å². The van der Waals surface area contributed by atoms with Crippen molar-refractivity contribution in [1.29, 1.82) is 0 Å². The molecule has 1 N–H and O–H groups in total. The van der Waals surface area contributed by atoms with Crippen molar-refractivity contribution in [2.75, 3.05) is 0 Å². The van der Waals surface area contributed by atoms with Gasteiger partial charge in [0, 0.05) is 29.5 Å². The summed E-state index contributed by atoms with van der Waals surface area (Å²) in [6.07, 6.45) is 0. The molecule has 7 heteroatoms. The van der Waals surface area contributed by atoms with Crippen molar-refractivity contribution in [1.82, 2.24) is 0 Å². The van der Waals surface area contributed by atoms with E-state index in [-0.39, 0.29) is 21.8 Å². The number of hydrogen-bond acceptors (Lipinski definition) is 5. The van der Waals surface area contributed by atoms with E-state index in [4.69, 9.17) is 0 Å². The lowest BCUT2D eigenvalue weighted by Crippen LogP contribution is -2.32. The number of nitro groups is 1. The zero-order valence-electron chi connectivity index (χ0n) is 14.0. The van der Waals surface area contributed by atoms with Crippen molar-refractivity contribution >= 4 is 29.1 Å². The van der Waals surface area contributed by atoms with Crippen LogP contribution in [0.2, 0.25) is 0 Å². The average Bonchev–Trinajstić information content (AvgIpc) is 2.48. The Kier molecular flexibility index (Phi) is 5.43. The maximum atomic E-state index is 11.8. The lowest BCUT2D eigenvalue weighted by Gasteiger charge is -2.32. The van der Waals surface area contributed by atoms with Gasteiger partial charge in [-0.2, -0.15) is 0 Å². The van der Waals surface area contributed by atoms with E-state index in [0.29, 0.717) is 11.3 Å². The number of carboxylic acids is 1. The SMILES string of the molecule is CC1=NC(C)=C(C(=O)O)C(c2cccc([N+](=O)[O-])c2)C1SC(C)C. The van der Waals surface area contributed by atoms with Gasteiger partial charge in [0.25, 0.3) is 5.69 Å². The van der Waals surface area contributed by atoms with Crippen LogP contribution in [0.5, 0.6) is 0 Å². The van der Waals surface area contributed by atoms with Crippen LogP contribution >= 0.6 is 11.8 Å². The summed E-state index contributed by atoms with van der Waals surface area (Å²) in [5.41, 5.74) is 2.10. The molecule has 0 spiro atoms. The number of thioether (sulfide) groups is 1. The molecule has 0 amide bonds. The monoisotopic (exact) mass is 348 g/mol. The first kappa shape index (κ1) is 18.2. The van der Waals surface area contributed by atoms with Crippen LogP contribution < -0.4 is 0 Å². The van der Waals surface area contributed by atoms with Gasteiger partial charge in [0.2, 0.25) is 0 Å². The predicted molar refractivity (Wildman–Crippen MR) is 95.8 cm³/mol. The molecule has 6 nitrogen and oxygen atoms in total. The zero-order chi connectivity index (χ0) is 18.0. The van der Waals surface area contributed by atoms with Gasteiger partial charge in [0.15, 0.2) is 0 Å². The zero-order valence-corrected chi connectivity index (χ0v) is 14.8. The van der Waals surface area contributed by atoms with E-state index in [9.17, 15) is 20.0 Å². The van der Waals surface area contributed by atoms with Gasteiger partial charge in [0.1, 0.15) is 0 Å². The normalized spacial score (nSPS) is 21.0. The van der Waals surface area contributed by atoms with Crippen molar-refractivity contribution in [3.05, 3.63) is 51.2 Å². The molecule has 0 saturated carbocycles. The largest absolute Gasteiger partial charge is 0.478 e. The lowest BCUT2D eigenvalue weighted by atomic mass is 9.83. The van der Waals surface area contributed by atoms with Crippen LogP contribution in [-0.4, -0.2) is 32.2 Å². The van der Waals surface area contributed by atoms with Gasteiger partial charge in [-0.25, -0.2) is 4.79 Å². The van der Waals surface area contributed by atoms with Crippen molar-refractivity contribution in [3.8, 4) is 0 Å². The van der Waals surface area contributed by atoms with E-state index in [1.807, 2.05) is 20.8 Å². The Balaban J connectivity index is 2.62. The van der Waals surface area contributed by atoms with Crippen LogP contribution in [0.15, 0.2) is 40.5 Å². The second-order valence-electron chi connectivity index (χ2n) is 5.99. The summed E-state index contributed by atoms with van der Waals surface area (Å²) in [4.78, 5) is 26.9. The van der Waals surface area contributed by atoms with Gasteiger partial charge in [-0.15, -0.1) is 11.8 Å². The number of aliphatic carboxylic acids is 1. The Morgan fingerprint density at radius 1 is 1.38 bits per heavy atom. The Labute approximate surface area is 144 Å². The van der Waals surface area contributed by atoms with Crippen molar-refractivity contribution < 1.29 is 14.8 Å². The third-order valence-electron chi connectivity index (χ3n) is 3.85. The van der Waals surface area contributed by atoms with E-state index in [1.165, 1.54) is 12.1 Å². The summed E-state index contributed by atoms with van der Waals surface area (Å²) < 4.78 is 0. The number of carboxylic acid groups (broad SMARTS) is 1. The third kappa shape index (κ3) is 3.67. The maximum Gasteiger partial charge on any atom is 0.334 e. The standard InChI is InChI=1S/C17H20N2O4S/c1-9(2)24-16-11(4)18-10(3)14(17(20)21)15(16)12-6-5-7-13(8-12)19(22)23/h5-9,15-16H,1-4H3,(H,20,21). The second-order valence-corrected chi connectivity index (χ2v) is 7.72. The fraction of sp³-hybridized carbons (Fsp3) is 0.412. The predicted octanol–water partition coefficient (Wildman–Crippen LogP) is 4.02. The highest BCUT2D eigenvalue weighted by Gasteiger charge is 2.38. The molecule has 0 saturated heterocycles. The summed E-state index contributed by atoms with van der Waals surface area (Å²) in [6, 6.07) is 6.23. The van der Waals surface area contributed by atoms with E-state index in [1.54, 1.807) is 30.8 Å². The minimum absolute atomic E-state index is 0.0386. The number of non-ortho nitro benzene ring substituents is 1. The van der Waals surface area contributed by atoms with Crippen LogP contribution in [0.25, 0.3) is 0 Å². The summed E-state index contributed by atoms with van der Waals surface area (Å²) in [5, 5.41) is 20.9. The number of aliphatic imine (C=N–C) groups is 1. The highest BCUT2D eigenvalue weighted by Crippen LogP contribution is 2.42. The smallest absolute Gasteiger partial charge is 0.334 e. The first-order valence-corrected chi connectivity index (χ1v) is 8.55. The maximum absolute atomic E-state index is 11.8. The third-order valence-corrected chi connectivity index (χ3v) is 5.30. The topological polar surface area (TPSA) is 92.8 Å². The van der Waals surface area contributed by atoms with E-state index in [0.717, 1.165) is 5.71 Å². The fourth-order valence-electron chi connectivity index (χ4n) is 2.94. The van der Waals surface area contributed by atoms with Gasteiger partial charge in [-0.3, -0.25) is 15.1 Å². The van der Waals surface area contributed by atoms with E-state index < -0.39 is 16.8 Å². The average molecular weight is 348 g/mol. The molecule has 0 aliphatic carbocycles. The molecular weight excluding hydrogens is 328 g/mol. The quantitative estimate of drug-likeness (QED) is 0.641. The molecule has 2 atom stereocenters. The fourth-order valence-corrected chi connectivity index (χ4v) is 4.22. The van der Waals surface area contributed by atoms with Crippen molar-refractivity contribution in [2.24, 2.45) is 4.99 Å². The van der Waals surface area contributed by atoms with Gasteiger partial charge in [-0.1, -0.05) is 26.0 Å². The molecule has 0 bridgehead atoms. The van der Waals surface area contributed by atoms with Gasteiger partial charge < -0.3 is 5.11 Å². The van der Waals surface area contributed by atoms with Gasteiger partial charge >= 0.3 is 5.97 Å². The van der Waals surface area contributed by atoms with Crippen LogP contribution in [0, 0.1) is 10.1 Å². The first-order chi connectivity index (χ1) is 11.2. The summed E-state index contributed by atoms with van der Waals surface area (Å²) in [6.45, 7) is 7.63.